The van der Waals surface area contributed by atoms with Crippen molar-refractivity contribution < 1.29 is 29.0 Å². The molecule has 0 aliphatic carbocycles. The first-order valence-electron chi connectivity index (χ1n) is 11.7. The summed E-state index contributed by atoms with van der Waals surface area (Å²) in [5.41, 5.74) is 0.800. The minimum atomic E-state index is -1.39. The van der Waals surface area contributed by atoms with Crippen LogP contribution in [0.25, 0.3) is 0 Å². The highest BCUT2D eigenvalue weighted by atomic mass is 16.6. The lowest BCUT2D eigenvalue weighted by atomic mass is 10.0. The zero-order chi connectivity index (χ0) is 24.8. The summed E-state index contributed by atoms with van der Waals surface area (Å²) < 4.78 is 11.5. The van der Waals surface area contributed by atoms with Crippen molar-refractivity contribution in [2.45, 2.75) is 76.9 Å². The van der Waals surface area contributed by atoms with Crippen molar-refractivity contribution in [1.29, 1.82) is 0 Å². The number of carbonyl (C=O) groups excluding carboxylic acids is 3. The van der Waals surface area contributed by atoms with Crippen molar-refractivity contribution in [2.75, 3.05) is 0 Å². The van der Waals surface area contributed by atoms with E-state index in [0.717, 1.165) is 24.8 Å². The van der Waals surface area contributed by atoms with Gasteiger partial charge in [0.15, 0.2) is 12.0 Å². The van der Waals surface area contributed by atoms with Crippen LogP contribution in [-0.4, -0.2) is 47.3 Å². The number of esters is 1. The van der Waals surface area contributed by atoms with E-state index in [1.54, 1.807) is 36.5 Å². The fraction of sp³-hybridized carbons (Fsp3) is 0.444. The number of ketones is 1. The number of cyclic esters (lactones) is 1. The van der Waals surface area contributed by atoms with Crippen LogP contribution in [0.5, 0.6) is 0 Å². The second kappa shape index (κ2) is 15.0. The molecule has 0 aromatic heterocycles. The fourth-order valence-corrected chi connectivity index (χ4v) is 3.62. The van der Waals surface area contributed by atoms with E-state index in [-0.39, 0.29) is 30.8 Å². The molecule has 34 heavy (non-hydrogen) atoms. The molecule has 0 saturated carbocycles. The number of hydrogen-bond donors (Lipinski definition) is 2. The fourth-order valence-electron chi connectivity index (χ4n) is 3.62. The van der Waals surface area contributed by atoms with Crippen LogP contribution in [0.1, 0.15) is 52.4 Å². The maximum atomic E-state index is 12.3. The van der Waals surface area contributed by atoms with Crippen LogP contribution >= 0.6 is 0 Å². The molecule has 2 bridgehead atoms. The summed E-state index contributed by atoms with van der Waals surface area (Å²) in [6.45, 7) is 3.63. The van der Waals surface area contributed by atoms with Crippen molar-refractivity contribution in [3.05, 3.63) is 72.4 Å². The van der Waals surface area contributed by atoms with Gasteiger partial charge in [-0.15, -0.1) is 0 Å². The number of allylic oxidation sites excluding steroid dienone is 7. The summed E-state index contributed by atoms with van der Waals surface area (Å²) in [6, 6.07) is 0. The van der Waals surface area contributed by atoms with Crippen molar-refractivity contribution in [3.8, 4) is 0 Å². The molecule has 2 N–H and O–H groups in total. The van der Waals surface area contributed by atoms with Gasteiger partial charge in [0.2, 0.25) is 5.91 Å². The van der Waals surface area contributed by atoms with Crippen molar-refractivity contribution in [3.63, 3.8) is 0 Å². The summed E-state index contributed by atoms with van der Waals surface area (Å²) in [5, 5.41) is 12.9. The van der Waals surface area contributed by atoms with Gasteiger partial charge in [-0.2, -0.15) is 0 Å². The molecular formula is C27H35NO6. The Morgan fingerprint density at radius 3 is 2.79 bits per heavy atom. The van der Waals surface area contributed by atoms with Gasteiger partial charge in [-0.3, -0.25) is 9.59 Å². The molecule has 4 atom stereocenters. The molecule has 2 heterocycles. The average Bonchev–Trinajstić information content (AvgIpc) is 2.78. The standard InChI is InChI=1S/C27H35NO6/c1-3-4-5-17-25(30)28-27(32)24-16-9-15-23-14-8-13-22(33-23)12-7-11-21(29)19-20(2)10-6-18-26(31)34-24/h3-7,9-11,15,17-18,22-24,27,32H,8,12-14,16,19H2,1-2H3,(H,28,30)/b4-3+,11-7+,15-9+,17-5-,18-6+,20-10-/t22-,23-,24-,27?/m0/s1. The second-order valence-electron chi connectivity index (χ2n) is 8.36. The highest BCUT2D eigenvalue weighted by Crippen LogP contribution is 2.23. The van der Waals surface area contributed by atoms with Crippen LogP contribution in [0.2, 0.25) is 0 Å². The topological polar surface area (TPSA) is 102 Å². The van der Waals surface area contributed by atoms with Gasteiger partial charge >= 0.3 is 5.97 Å². The zero-order valence-corrected chi connectivity index (χ0v) is 19.9. The van der Waals surface area contributed by atoms with Crippen LogP contribution in [-0.2, 0) is 23.9 Å². The zero-order valence-electron chi connectivity index (χ0n) is 19.9. The molecule has 2 aliphatic rings. The lowest BCUT2D eigenvalue weighted by Crippen LogP contribution is -2.44. The molecule has 0 aromatic carbocycles. The Morgan fingerprint density at radius 1 is 1.18 bits per heavy atom. The average molecular weight is 470 g/mol. The molecule has 184 valence electrons. The van der Waals surface area contributed by atoms with Crippen LogP contribution in [0, 0.1) is 0 Å². The Labute approximate surface area is 201 Å². The highest BCUT2D eigenvalue weighted by molar-refractivity contribution is 5.91. The van der Waals surface area contributed by atoms with Gasteiger partial charge in [0.1, 0.15) is 6.10 Å². The normalized spacial score (nSPS) is 30.4. The third-order valence-electron chi connectivity index (χ3n) is 5.33. The summed E-state index contributed by atoms with van der Waals surface area (Å²) in [6.07, 6.45) is 19.3. The van der Waals surface area contributed by atoms with E-state index in [1.165, 1.54) is 18.2 Å². The molecule has 7 nitrogen and oxygen atoms in total. The minimum absolute atomic E-state index is 0.0134. The van der Waals surface area contributed by atoms with Crippen LogP contribution < -0.4 is 5.32 Å². The Kier molecular flexibility index (Phi) is 12.0. The van der Waals surface area contributed by atoms with Gasteiger partial charge in [0.05, 0.1) is 12.2 Å². The second-order valence-corrected chi connectivity index (χ2v) is 8.36. The Balaban J connectivity index is 2.17. The van der Waals surface area contributed by atoms with Gasteiger partial charge in [0.25, 0.3) is 0 Å². The van der Waals surface area contributed by atoms with Crippen molar-refractivity contribution in [1.82, 2.24) is 5.32 Å². The minimum Gasteiger partial charge on any atom is -0.454 e. The molecule has 7 heteroatoms. The van der Waals surface area contributed by atoms with Gasteiger partial charge in [-0.05, 0) is 45.6 Å². The summed E-state index contributed by atoms with van der Waals surface area (Å²) in [4.78, 5) is 36.5. The van der Waals surface area contributed by atoms with Crippen LogP contribution in [0.15, 0.2) is 72.4 Å². The first kappa shape index (κ1) is 27.2. The van der Waals surface area contributed by atoms with E-state index in [2.05, 4.69) is 5.32 Å². The van der Waals surface area contributed by atoms with Gasteiger partial charge in [-0.1, -0.05) is 54.2 Å². The van der Waals surface area contributed by atoms with Crippen LogP contribution in [0.4, 0.5) is 0 Å². The Bertz CT molecular complexity index is 880. The molecule has 1 amide bonds. The summed E-state index contributed by atoms with van der Waals surface area (Å²) in [7, 11) is 0. The molecule has 2 rings (SSSR count). The first-order valence-corrected chi connectivity index (χ1v) is 11.7. The van der Waals surface area contributed by atoms with Gasteiger partial charge < -0.3 is 19.9 Å². The third-order valence-corrected chi connectivity index (χ3v) is 5.33. The van der Waals surface area contributed by atoms with Crippen molar-refractivity contribution in [2.24, 2.45) is 0 Å². The predicted molar refractivity (Wildman–Crippen MR) is 131 cm³/mol. The Hall–Kier alpha value is -3.03. The van der Waals surface area contributed by atoms with E-state index in [1.807, 2.05) is 26.0 Å². The van der Waals surface area contributed by atoms with E-state index < -0.39 is 24.2 Å². The molecule has 0 radical (unpaired) electrons. The SMILES string of the molecule is C/C=C/C=C\C(=O)NC(O)[C@@H]1C/C=C/[C@@H]2CCC[C@H](C/C=C/C(=O)C/C(C)=C\C=C\C(=O)O1)O2. The number of aliphatic hydroxyl groups excluding tert-OH is 1. The lowest BCUT2D eigenvalue weighted by molar-refractivity contribution is -0.151. The van der Waals surface area contributed by atoms with Gasteiger partial charge in [-0.25, -0.2) is 4.79 Å². The number of amides is 1. The quantitative estimate of drug-likeness (QED) is 0.214. The number of hydrogen-bond acceptors (Lipinski definition) is 6. The first-order chi connectivity index (χ1) is 16.4. The molecule has 1 fully saturated rings. The summed E-state index contributed by atoms with van der Waals surface area (Å²) >= 11 is 0. The predicted octanol–water partition coefficient (Wildman–Crippen LogP) is 3.77. The Morgan fingerprint density at radius 2 is 2.00 bits per heavy atom. The molecule has 1 unspecified atom stereocenters. The maximum absolute atomic E-state index is 12.3. The highest BCUT2D eigenvalue weighted by Gasteiger charge is 2.24. The molecule has 0 spiro atoms. The number of ether oxygens (including phenoxy) is 2. The third kappa shape index (κ3) is 10.7. The van der Waals surface area contributed by atoms with E-state index in [4.69, 9.17) is 9.47 Å². The molecule has 2 aliphatic heterocycles. The van der Waals surface area contributed by atoms with Crippen molar-refractivity contribution >= 4 is 17.7 Å². The number of rotatable bonds is 4. The molecule has 1 saturated heterocycles. The summed E-state index contributed by atoms with van der Waals surface area (Å²) in [5.74, 6) is -1.18. The monoisotopic (exact) mass is 469 g/mol. The molecular weight excluding hydrogens is 434 g/mol. The van der Waals surface area contributed by atoms with E-state index >= 15 is 0 Å². The smallest absolute Gasteiger partial charge is 0.331 e. The van der Waals surface area contributed by atoms with E-state index in [9.17, 15) is 19.5 Å². The number of aliphatic hydroxyl groups is 1. The lowest BCUT2D eigenvalue weighted by Gasteiger charge is -2.28. The van der Waals surface area contributed by atoms with Gasteiger partial charge in [0, 0.05) is 25.0 Å². The largest absolute Gasteiger partial charge is 0.454 e. The molecule has 0 aromatic rings. The maximum Gasteiger partial charge on any atom is 0.331 e. The number of carbonyl (C=O) groups is 3. The van der Waals surface area contributed by atoms with E-state index in [0.29, 0.717) is 6.42 Å². The van der Waals surface area contributed by atoms with Crippen LogP contribution in [0.3, 0.4) is 0 Å². The number of nitrogens with one attached hydrogen (secondary N) is 1. The number of fused-ring (bicyclic) bond motifs is 2.